The van der Waals surface area contributed by atoms with E-state index in [-0.39, 0.29) is 24.5 Å². The molecule has 0 bridgehead atoms. The fourth-order valence-corrected chi connectivity index (χ4v) is 2.95. The van der Waals surface area contributed by atoms with Crippen LogP contribution in [-0.2, 0) is 4.79 Å². The van der Waals surface area contributed by atoms with Gasteiger partial charge in [-0.05, 0) is 18.9 Å². The molecule has 26 heavy (non-hydrogen) atoms. The van der Waals surface area contributed by atoms with Gasteiger partial charge in [-0.3, -0.25) is 4.79 Å². The Bertz CT molecular complexity index is 919. The fraction of sp³-hybridized carbons (Fsp3) is 0.500. The molecule has 3 aromatic rings. The van der Waals surface area contributed by atoms with Crippen molar-refractivity contribution in [2.75, 3.05) is 13.2 Å². The molecular formula is C16H19N7O3. The molecule has 136 valence electrons. The summed E-state index contributed by atoms with van der Waals surface area (Å²) in [5, 5.41) is 15.8. The number of hydrogen-bond donors (Lipinski definition) is 0. The molecule has 3 aromatic heterocycles. The molecule has 10 nitrogen and oxygen atoms in total. The number of rotatable bonds is 5. The maximum absolute atomic E-state index is 12.6. The molecular weight excluding hydrogens is 338 g/mol. The summed E-state index contributed by atoms with van der Waals surface area (Å²) >= 11 is 0. The third-order valence-electron chi connectivity index (χ3n) is 4.31. The average molecular weight is 357 g/mol. The SMILES string of the molecule is CC(C)c1noc([C@H]2CCCN2C(=O)COc2ccc3nncn3n2)n1. The van der Waals surface area contributed by atoms with Crippen molar-refractivity contribution in [3.8, 4) is 5.88 Å². The van der Waals surface area contributed by atoms with Gasteiger partial charge in [0.1, 0.15) is 12.4 Å². The van der Waals surface area contributed by atoms with Crippen LogP contribution in [0, 0.1) is 0 Å². The third-order valence-corrected chi connectivity index (χ3v) is 4.31. The van der Waals surface area contributed by atoms with Crippen LogP contribution in [0.3, 0.4) is 0 Å². The predicted molar refractivity (Wildman–Crippen MR) is 88.4 cm³/mol. The molecule has 1 aliphatic rings. The van der Waals surface area contributed by atoms with E-state index in [1.807, 2.05) is 13.8 Å². The zero-order chi connectivity index (χ0) is 18.1. The fourth-order valence-electron chi connectivity index (χ4n) is 2.95. The number of carbonyl (C=O) groups excluding carboxylic acids is 1. The van der Waals surface area contributed by atoms with Crippen molar-refractivity contribution in [2.45, 2.75) is 38.6 Å². The van der Waals surface area contributed by atoms with E-state index in [4.69, 9.17) is 9.26 Å². The van der Waals surface area contributed by atoms with Crippen LogP contribution in [0.25, 0.3) is 5.65 Å². The van der Waals surface area contributed by atoms with E-state index in [9.17, 15) is 4.79 Å². The lowest BCUT2D eigenvalue weighted by Crippen LogP contribution is -2.34. The van der Waals surface area contributed by atoms with Crippen molar-refractivity contribution in [1.82, 2.24) is 34.9 Å². The minimum Gasteiger partial charge on any atom is -0.467 e. The molecule has 1 amide bonds. The van der Waals surface area contributed by atoms with Crippen molar-refractivity contribution >= 4 is 11.6 Å². The number of likely N-dealkylation sites (tertiary alicyclic amines) is 1. The van der Waals surface area contributed by atoms with E-state index < -0.39 is 0 Å². The summed E-state index contributed by atoms with van der Waals surface area (Å²) in [6.45, 7) is 4.53. The van der Waals surface area contributed by atoms with Gasteiger partial charge in [0.2, 0.25) is 11.8 Å². The number of hydrogen-bond acceptors (Lipinski definition) is 8. The van der Waals surface area contributed by atoms with Crippen LogP contribution in [0.1, 0.15) is 50.4 Å². The lowest BCUT2D eigenvalue weighted by molar-refractivity contribution is -0.134. The van der Waals surface area contributed by atoms with Gasteiger partial charge in [0, 0.05) is 18.5 Å². The Hall–Kier alpha value is -3.04. The Morgan fingerprint density at radius 1 is 1.42 bits per heavy atom. The average Bonchev–Trinajstić information content (AvgIpc) is 3.38. The van der Waals surface area contributed by atoms with Crippen molar-refractivity contribution in [1.29, 1.82) is 0 Å². The summed E-state index contributed by atoms with van der Waals surface area (Å²) in [7, 11) is 0. The molecule has 0 aromatic carbocycles. The molecule has 4 rings (SSSR count). The van der Waals surface area contributed by atoms with Crippen molar-refractivity contribution < 1.29 is 14.1 Å². The van der Waals surface area contributed by atoms with Crippen LogP contribution >= 0.6 is 0 Å². The summed E-state index contributed by atoms with van der Waals surface area (Å²) in [4.78, 5) is 18.8. The number of ether oxygens (including phenoxy) is 1. The van der Waals surface area contributed by atoms with Gasteiger partial charge in [-0.1, -0.05) is 19.0 Å². The summed E-state index contributed by atoms with van der Waals surface area (Å²) in [5.41, 5.74) is 0.612. The minimum absolute atomic E-state index is 0.109. The van der Waals surface area contributed by atoms with E-state index in [1.165, 1.54) is 10.8 Å². The van der Waals surface area contributed by atoms with Crippen LogP contribution in [0.15, 0.2) is 23.0 Å². The smallest absolute Gasteiger partial charge is 0.261 e. The Morgan fingerprint density at radius 2 is 2.31 bits per heavy atom. The molecule has 1 saturated heterocycles. The molecule has 0 radical (unpaired) electrons. The molecule has 4 heterocycles. The standard InChI is InChI=1S/C16H19N7O3/c1-10(2)15-18-16(26-21-15)11-4-3-7-22(11)14(24)8-25-13-6-5-12-19-17-9-23(12)20-13/h5-6,9-11H,3-4,7-8H2,1-2H3/t11-/m1/s1. The van der Waals surface area contributed by atoms with E-state index in [2.05, 4.69) is 25.4 Å². The summed E-state index contributed by atoms with van der Waals surface area (Å²) in [6.07, 6.45) is 3.17. The Kier molecular flexibility index (Phi) is 4.23. The van der Waals surface area contributed by atoms with Crippen molar-refractivity contribution in [3.63, 3.8) is 0 Å². The van der Waals surface area contributed by atoms with Gasteiger partial charge in [0.15, 0.2) is 18.1 Å². The van der Waals surface area contributed by atoms with E-state index >= 15 is 0 Å². The lowest BCUT2D eigenvalue weighted by atomic mass is 10.2. The van der Waals surface area contributed by atoms with E-state index in [1.54, 1.807) is 17.0 Å². The summed E-state index contributed by atoms with van der Waals surface area (Å²) < 4.78 is 12.4. The van der Waals surface area contributed by atoms with Crippen LogP contribution in [0.4, 0.5) is 0 Å². The maximum Gasteiger partial charge on any atom is 0.261 e. The molecule has 10 heteroatoms. The zero-order valence-electron chi connectivity index (χ0n) is 14.6. The second-order valence-corrected chi connectivity index (χ2v) is 6.48. The Labute approximate surface area is 149 Å². The van der Waals surface area contributed by atoms with Gasteiger partial charge in [0.05, 0.1) is 0 Å². The first kappa shape index (κ1) is 16.4. The van der Waals surface area contributed by atoms with Gasteiger partial charge in [-0.2, -0.15) is 9.50 Å². The number of aromatic nitrogens is 6. The largest absolute Gasteiger partial charge is 0.467 e. The first-order valence-electron chi connectivity index (χ1n) is 8.54. The first-order valence-corrected chi connectivity index (χ1v) is 8.54. The summed E-state index contributed by atoms with van der Waals surface area (Å²) in [6, 6.07) is 3.19. The van der Waals surface area contributed by atoms with Gasteiger partial charge in [-0.25, -0.2) is 0 Å². The second kappa shape index (κ2) is 6.70. The quantitative estimate of drug-likeness (QED) is 0.673. The highest BCUT2D eigenvalue weighted by atomic mass is 16.5. The molecule has 0 N–H and O–H groups in total. The second-order valence-electron chi connectivity index (χ2n) is 6.48. The third kappa shape index (κ3) is 3.09. The normalized spacial score (nSPS) is 17.3. The Morgan fingerprint density at radius 3 is 3.12 bits per heavy atom. The molecule has 1 aliphatic heterocycles. The van der Waals surface area contributed by atoms with Crippen LogP contribution in [0.5, 0.6) is 5.88 Å². The number of nitrogens with zero attached hydrogens (tertiary/aromatic N) is 7. The number of amides is 1. The molecule has 0 spiro atoms. The number of carbonyl (C=O) groups is 1. The summed E-state index contributed by atoms with van der Waals surface area (Å²) in [5.74, 6) is 1.52. The monoisotopic (exact) mass is 357 g/mol. The minimum atomic E-state index is -0.195. The van der Waals surface area contributed by atoms with Gasteiger partial charge in [-0.15, -0.1) is 15.3 Å². The molecule has 0 saturated carbocycles. The van der Waals surface area contributed by atoms with E-state index in [0.717, 1.165) is 12.8 Å². The topological polar surface area (TPSA) is 112 Å². The lowest BCUT2D eigenvalue weighted by Gasteiger charge is -2.21. The Balaban J connectivity index is 1.42. The van der Waals surface area contributed by atoms with Crippen LogP contribution in [0.2, 0.25) is 0 Å². The maximum atomic E-state index is 12.6. The van der Waals surface area contributed by atoms with Gasteiger partial charge < -0.3 is 14.2 Å². The zero-order valence-corrected chi connectivity index (χ0v) is 14.6. The molecule has 0 aliphatic carbocycles. The van der Waals surface area contributed by atoms with Crippen LogP contribution < -0.4 is 4.74 Å². The highest BCUT2D eigenvalue weighted by molar-refractivity contribution is 5.78. The highest BCUT2D eigenvalue weighted by Crippen LogP contribution is 2.31. The predicted octanol–water partition coefficient (Wildman–Crippen LogP) is 1.37. The van der Waals surface area contributed by atoms with Crippen molar-refractivity contribution in [3.05, 3.63) is 30.2 Å². The van der Waals surface area contributed by atoms with Crippen molar-refractivity contribution in [2.24, 2.45) is 0 Å². The molecule has 1 atom stereocenters. The van der Waals surface area contributed by atoms with E-state index in [0.29, 0.717) is 29.8 Å². The van der Waals surface area contributed by atoms with Crippen LogP contribution in [-0.4, -0.2) is 53.9 Å². The molecule has 0 unspecified atom stereocenters. The van der Waals surface area contributed by atoms with Gasteiger partial charge in [0.25, 0.3) is 5.91 Å². The highest BCUT2D eigenvalue weighted by Gasteiger charge is 2.34. The van der Waals surface area contributed by atoms with Gasteiger partial charge >= 0.3 is 0 Å². The number of fused-ring (bicyclic) bond motifs is 1. The first-order chi connectivity index (χ1) is 12.6. The molecule has 1 fully saturated rings.